The maximum Gasteiger partial charge on any atom is 0.334 e. The number of ether oxygens (including phenoxy) is 1. The molecule has 0 aliphatic carbocycles. The minimum Gasteiger partial charge on any atom is -0.481 e. The Morgan fingerprint density at radius 1 is 1.26 bits per heavy atom. The third-order valence-electron chi connectivity index (χ3n) is 3.58. The minimum atomic E-state index is -1.07. The van der Waals surface area contributed by atoms with Gasteiger partial charge in [-0.1, -0.05) is 13.8 Å². The van der Waals surface area contributed by atoms with Gasteiger partial charge in [0.2, 0.25) is 5.91 Å². The number of non-ortho nitro benzene ring substituents is 1. The first kappa shape index (κ1) is 22.0. The maximum atomic E-state index is 12.4. The molecular formula is C17H23N3O7. The summed E-state index contributed by atoms with van der Waals surface area (Å²) in [7, 11) is 0. The van der Waals surface area contributed by atoms with Crippen LogP contribution in [0.3, 0.4) is 0 Å². The number of carboxylic acids is 1. The van der Waals surface area contributed by atoms with Gasteiger partial charge in [-0.25, -0.2) is 4.79 Å². The number of hydrogen-bond acceptors (Lipinski definition) is 7. The standard InChI is InChI=1S/C17H23N3O7/c1-10(2)9-14(19-16(23)13(18)7-8-15(21)22)17(24)27-12-5-3-11(4-6-12)20(25)26/h3-6,10,13-14H,7-9,18H2,1-2H3,(H,19,23)(H,21,22)/t13-,14-/m0/s1. The largest absolute Gasteiger partial charge is 0.481 e. The molecule has 0 aliphatic rings. The van der Waals surface area contributed by atoms with E-state index in [9.17, 15) is 24.5 Å². The highest BCUT2D eigenvalue weighted by molar-refractivity contribution is 5.88. The van der Waals surface area contributed by atoms with Crippen molar-refractivity contribution in [3.63, 3.8) is 0 Å². The molecule has 0 saturated carbocycles. The van der Waals surface area contributed by atoms with Gasteiger partial charge in [0.05, 0.1) is 11.0 Å². The molecule has 0 fully saturated rings. The molecule has 27 heavy (non-hydrogen) atoms. The second kappa shape index (κ2) is 10.2. The van der Waals surface area contributed by atoms with E-state index in [0.717, 1.165) is 0 Å². The molecule has 0 aliphatic heterocycles. The Morgan fingerprint density at radius 3 is 2.33 bits per heavy atom. The number of esters is 1. The monoisotopic (exact) mass is 381 g/mol. The fraction of sp³-hybridized carbons (Fsp3) is 0.471. The SMILES string of the molecule is CC(C)C[C@H](NC(=O)[C@@H](N)CCC(=O)O)C(=O)Oc1ccc([N+](=O)[O-])cc1. The normalized spacial score (nSPS) is 12.9. The molecule has 1 aromatic carbocycles. The van der Waals surface area contributed by atoms with Gasteiger partial charge < -0.3 is 20.9 Å². The first-order chi connectivity index (χ1) is 12.6. The Morgan fingerprint density at radius 2 is 1.85 bits per heavy atom. The van der Waals surface area contributed by atoms with Crippen molar-refractivity contribution in [3.05, 3.63) is 34.4 Å². The van der Waals surface area contributed by atoms with E-state index in [4.69, 9.17) is 15.6 Å². The van der Waals surface area contributed by atoms with Crippen molar-refractivity contribution < 1.29 is 29.2 Å². The van der Waals surface area contributed by atoms with Crippen LogP contribution in [-0.2, 0) is 14.4 Å². The molecule has 1 rings (SSSR count). The summed E-state index contributed by atoms with van der Waals surface area (Å²) < 4.78 is 5.18. The number of aliphatic carboxylic acids is 1. The smallest absolute Gasteiger partial charge is 0.334 e. The van der Waals surface area contributed by atoms with Crippen LogP contribution in [0.2, 0.25) is 0 Å². The van der Waals surface area contributed by atoms with Crippen LogP contribution in [0.15, 0.2) is 24.3 Å². The molecule has 0 bridgehead atoms. The molecule has 148 valence electrons. The average molecular weight is 381 g/mol. The number of nitro groups is 1. The van der Waals surface area contributed by atoms with Crippen LogP contribution in [0, 0.1) is 16.0 Å². The topological polar surface area (TPSA) is 162 Å². The zero-order valence-electron chi connectivity index (χ0n) is 15.1. The van der Waals surface area contributed by atoms with E-state index < -0.39 is 34.9 Å². The Hall–Kier alpha value is -3.01. The number of nitro benzene ring substituents is 1. The quantitative estimate of drug-likeness (QED) is 0.236. The molecule has 0 aromatic heterocycles. The third kappa shape index (κ3) is 7.82. The van der Waals surface area contributed by atoms with Gasteiger partial charge >= 0.3 is 11.9 Å². The van der Waals surface area contributed by atoms with Gasteiger partial charge in [-0.05, 0) is 30.9 Å². The number of amides is 1. The zero-order chi connectivity index (χ0) is 20.6. The lowest BCUT2D eigenvalue weighted by Crippen LogP contribution is -2.50. The number of benzene rings is 1. The van der Waals surface area contributed by atoms with E-state index in [1.807, 2.05) is 13.8 Å². The first-order valence-corrected chi connectivity index (χ1v) is 8.34. The van der Waals surface area contributed by atoms with Gasteiger partial charge in [-0.3, -0.25) is 19.7 Å². The molecule has 0 heterocycles. The van der Waals surface area contributed by atoms with Gasteiger partial charge in [-0.2, -0.15) is 0 Å². The number of carbonyl (C=O) groups excluding carboxylic acids is 2. The van der Waals surface area contributed by atoms with Crippen LogP contribution < -0.4 is 15.8 Å². The molecule has 1 amide bonds. The summed E-state index contributed by atoms with van der Waals surface area (Å²) in [5, 5.41) is 21.8. The summed E-state index contributed by atoms with van der Waals surface area (Å²) in [6, 6.07) is 2.90. The molecule has 0 saturated heterocycles. The van der Waals surface area contributed by atoms with Crippen molar-refractivity contribution in [3.8, 4) is 5.75 Å². The van der Waals surface area contributed by atoms with E-state index in [1.54, 1.807) is 0 Å². The molecule has 10 nitrogen and oxygen atoms in total. The van der Waals surface area contributed by atoms with Crippen LogP contribution in [0.25, 0.3) is 0 Å². The Kier molecular flexibility index (Phi) is 8.34. The van der Waals surface area contributed by atoms with Crippen LogP contribution in [-0.4, -0.2) is 40.0 Å². The molecule has 1 aromatic rings. The third-order valence-corrected chi connectivity index (χ3v) is 3.58. The number of nitrogens with two attached hydrogens (primary N) is 1. The van der Waals surface area contributed by atoms with Crippen LogP contribution >= 0.6 is 0 Å². The maximum absolute atomic E-state index is 12.4. The molecule has 0 unspecified atom stereocenters. The van der Waals surface area contributed by atoms with E-state index >= 15 is 0 Å². The lowest BCUT2D eigenvalue weighted by atomic mass is 10.0. The predicted octanol–water partition coefficient (Wildman–Crippen LogP) is 1.22. The summed E-state index contributed by atoms with van der Waals surface area (Å²) in [6.45, 7) is 3.70. The highest BCUT2D eigenvalue weighted by Crippen LogP contribution is 2.18. The van der Waals surface area contributed by atoms with E-state index in [0.29, 0.717) is 0 Å². The number of hydrogen-bond donors (Lipinski definition) is 3. The number of rotatable bonds is 10. The average Bonchev–Trinajstić information content (AvgIpc) is 2.58. The number of nitrogens with zero attached hydrogens (tertiary/aromatic N) is 1. The summed E-state index contributed by atoms with van der Waals surface area (Å²) in [5.74, 6) is -2.31. The predicted molar refractivity (Wildman–Crippen MR) is 95.0 cm³/mol. The van der Waals surface area contributed by atoms with E-state index in [2.05, 4.69) is 5.32 Å². The van der Waals surface area contributed by atoms with Gasteiger partial charge in [0.1, 0.15) is 11.8 Å². The molecule has 2 atom stereocenters. The molecule has 0 radical (unpaired) electrons. The van der Waals surface area contributed by atoms with Crippen molar-refractivity contribution in [1.82, 2.24) is 5.32 Å². The van der Waals surface area contributed by atoms with Crippen molar-refractivity contribution >= 4 is 23.5 Å². The zero-order valence-corrected chi connectivity index (χ0v) is 15.1. The summed E-state index contributed by atoms with van der Waals surface area (Å²) in [5.41, 5.74) is 5.50. The van der Waals surface area contributed by atoms with E-state index in [1.165, 1.54) is 24.3 Å². The highest BCUT2D eigenvalue weighted by atomic mass is 16.6. The Balaban J connectivity index is 2.76. The van der Waals surface area contributed by atoms with Gasteiger partial charge in [0.15, 0.2) is 0 Å². The fourth-order valence-electron chi connectivity index (χ4n) is 2.20. The molecule has 10 heteroatoms. The molecular weight excluding hydrogens is 358 g/mol. The van der Waals surface area contributed by atoms with Crippen molar-refractivity contribution in [1.29, 1.82) is 0 Å². The van der Waals surface area contributed by atoms with Crippen LogP contribution in [0.4, 0.5) is 5.69 Å². The van der Waals surface area contributed by atoms with Crippen molar-refractivity contribution in [2.45, 2.75) is 45.2 Å². The second-order valence-electron chi connectivity index (χ2n) is 6.40. The van der Waals surface area contributed by atoms with Gasteiger partial charge in [-0.15, -0.1) is 0 Å². The lowest BCUT2D eigenvalue weighted by molar-refractivity contribution is -0.384. The Labute approximate surface area is 155 Å². The van der Waals surface area contributed by atoms with Crippen molar-refractivity contribution in [2.75, 3.05) is 0 Å². The number of carbonyl (C=O) groups is 3. The molecule has 0 spiro atoms. The highest BCUT2D eigenvalue weighted by Gasteiger charge is 2.26. The fourth-order valence-corrected chi connectivity index (χ4v) is 2.20. The Bertz CT molecular complexity index is 688. The van der Waals surface area contributed by atoms with Crippen molar-refractivity contribution in [2.24, 2.45) is 11.7 Å². The van der Waals surface area contributed by atoms with Crippen LogP contribution in [0.5, 0.6) is 5.75 Å². The number of nitrogens with one attached hydrogen (secondary N) is 1. The van der Waals surface area contributed by atoms with Gasteiger partial charge in [0, 0.05) is 18.6 Å². The van der Waals surface area contributed by atoms with Crippen LogP contribution in [0.1, 0.15) is 33.1 Å². The summed E-state index contributed by atoms with van der Waals surface area (Å²) >= 11 is 0. The summed E-state index contributed by atoms with van der Waals surface area (Å²) in [4.78, 5) is 45.1. The molecule has 4 N–H and O–H groups in total. The number of carboxylic acid groups (broad SMARTS) is 1. The lowest BCUT2D eigenvalue weighted by Gasteiger charge is -2.21. The second-order valence-corrected chi connectivity index (χ2v) is 6.40. The summed E-state index contributed by atoms with van der Waals surface area (Å²) in [6.07, 6.45) is -0.0488. The van der Waals surface area contributed by atoms with Gasteiger partial charge in [0.25, 0.3) is 5.69 Å². The first-order valence-electron chi connectivity index (χ1n) is 8.34. The van der Waals surface area contributed by atoms with E-state index in [-0.39, 0.29) is 36.6 Å². The minimum absolute atomic E-state index is 0.0509.